The number of fused-ring (bicyclic) bond motifs is 1. The molecule has 76 valence electrons. The smallest absolute Gasteiger partial charge is 0.224 e. The SMILES string of the molecule is CC.Cn1ncc2nc(Cl)nc(Cl)c21. The van der Waals surface area contributed by atoms with Crippen molar-refractivity contribution < 1.29 is 0 Å². The lowest BCUT2D eigenvalue weighted by Gasteiger charge is -1.95. The van der Waals surface area contributed by atoms with Gasteiger partial charge in [0.2, 0.25) is 5.28 Å². The van der Waals surface area contributed by atoms with Crippen molar-refractivity contribution in [3.63, 3.8) is 0 Å². The Hall–Kier alpha value is -0.870. The van der Waals surface area contributed by atoms with Crippen LogP contribution in [-0.4, -0.2) is 19.7 Å². The Balaban J connectivity index is 0.000000461. The van der Waals surface area contributed by atoms with E-state index in [0.29, 0.717) is 16.2 Å². The van der Waals surface area contributed by atoms with Gasteiger partial charge in [-0.2, -0.15) is 5.10 Å². The third kappa shape index (κ3) is 1.96. The summed E-state index contributed by atoms with van der Waals surface area (Å²) < 4.78 is 1.61. The first-order valence-corrected chi connectivity index (χ1v) is 4.95. The summed E-state index contributed by atoms with van der Waals surface area (Å²) in [6, 6.07) is 0. The summed E-state index contributed by atoms with van der Waals surface area (Å²) in [6.07, 6.45) is 1.59. The summed E-state index contributed by atoms with van der Waals surface area (Å²) >= 11 is 11.4. The number of halogens is 2. The van der Waals surface area contributed by atoms with Gasteiger partial charge >= 0.3 is 0 Å². The van der Waals surface area contributed by atoms with Gasteiger partial charge in [-0.25, -0.2) is 9.97 Å². The van der Waals surface area contributed by atoms with Crippen LogP contribution in [0, 0.1) is 0 Å². The zero-order valence-electron chi connectivity index (χ0n) is 8.12. The molecule has 0 saturated heterocycles. The Bertz CT molecular complexity index is 438. The highest BCUT2D eigenvalue weighted by Gasteiger charge is 2.07. The molecule has 2 aromatic rings. The second-order valence-corrected chi connectivity index (χ2v) is 2.98. The largest absolute Gasteiger partial charge is 0.263 e. The maximum absolute atomic E-state index is 5.81. The van der Waals surface area contributed by atoms with Crippen LogP contribution in [-0.2, 0) is 7.05 Å². The van der Waals surface area contributed by atoms with E-state index in [-0.39, 0.29) is 5.28 Å². The summed E-state index contributed by atoms with van der Waals surface area (Å²) in [7, 11) is 1.77. The predicted octanol–water partition coefficient (Wildman–Crippen LogP) is 2.70. The van der Waals surface area contributed by atoms with E-state index in [1.807, 2.05) is 13.8 Å². The van der Waals surface area contributed by atoms with Gasteiger partial charge in [-0.15, -0.1) is 0 Å². The number of hydrogen-bond donors (Lipinski definition) is 0. The van der Waals surface area contributed by atoms with Gasteiger partial charge in [0.15, 0.2) is 5.15 Å². The van der Waals surface area contributed by atoms with Crippen LogP contribution in [0.1, 0.15) is 13.8 Å². The summed E-state index contributed by atoms with van der Waals surface area (Å²) in [4.78, 5) is 7.74. The maximum Gasteiger partial charge on any atom is 0.224 e. The second kappa shape index (κ2) is 4.57. The van der Waals surface area contributed by atoms with Gasteiger partial charge in [-0.3, -0.25) is 4.68 Å². The highest BCUT2D eigenvalue weighted by atomic mass is 35.5. The van der Waals surface area contributed by atoms with E-state index < -0.39 is 0 Å². The molecule has 6 heteroatoms. The van der Waals surface area contributed by atoms with Crippen molar-refractivity contribution in [2.45, 2.75) is 13.8 Å². The van der Waals surface area contributed by atoms with Crippen LogP contribution in [0.2, 0.25) is 10.4 Å². The zero-order chi connectivity index (χ0) is 10.7. The van der Waals surface area contributed by atoms with Crippen LogP contribution in [0.4, 0.5) is 0 Å². The summed E-state index contributed by atoms with van der Waals surface area (Å²) in [5.74, 6) is 0. The molecule has 14 heavy (non-hydrogen) atoms. The Morgan fingerprint density at radius 1 is 1.21 bits per heavy atom. The monoisotopic (exact) mass is 232 g/mol. The van der Waals surface area contributed by atoms with Crippen molar-refractivity contribution >= 4 is 34.2 Å². The highest BCUT2D eigenvalue weighted by molar-refractivity contribution is 6.35. The van der Waals surface area contributed by atoms with E-state index in [1.165, 1.54) is 0 Å². The summed E-state index contributed by atoms with van der Waals surface area (Å²) in [6.45, 7) is 4.00. The van der Waals surface area contributed by atoms with Gasteiger partial charge < -0.3 is 0 Å². The molecule has 0 fully saturated rings. The molecule has 0 N–H and O–H groups in total. The summed E-state index contributed by atoms with van der Waals surface area (Å²) in [5, 5.41) is 4.43. The van der Waals surface area contributed by atoms with E-state index in [2.05, 4.69) is 15.1 Å². The number of aromatic nitrogens is 4. The minimum Gasteiger partial charge on any atom is -0.263 e. The number of hydrogen-bond acceptors (Lipinski definition) is 3. The fourth-order valence-corrected chi connectivity index (χ4v) is 1.52. The lowest BCUT2D eigenvalue weighted by molar-refractivity contribution is 0.795. The molecule has 0 aliphatic heterocycles. The molecule has 0 radical (unpaired) electrons. The third-order valence-corrected chi connectivity index (χ3v) is 1.95. The van der Waals surface area contributed by atoms with Crippen LogP contribution in [0.3, 0.4) is 0 Å². The van der Waals surface area contributed by atoms with Crippen molar-refractivity contribution in [1.82, 2.24) is 19.7 Å². The van der Waals surface area contributed by atoms with Crippen molar-refractivity contribution in [3.8, 4) is 0 Å². The summed E-state index contributed by atoms with van der Waals surface area (Å²) in [5.41, 5.74) is 1.35. The molecule has 0 aliphatic carbocycles. The number of nitrogens with zero attached hydrogens (tertiary/aromatic N) is 4. The van der Waals surface area contributed by atoms with E-state index in [1.54, 1.807) is 17.9 Å². The average molecular weight is 233 g/mol. The van der Waals surface area contributed by atoms with Gasteiger partial charge in [-0.05, 0) is 11.6 Å². The topological polar surface area (TPSA) is 43.6 Å². The van der Waals surface area contributed by atoms with Crippen molar-refractivity contribution in [1.29, 1.82) is 0 Å². The van der Waals surface area contributed by atoms with Gasteiger partial charge in [0, 0.05) is 7.05 Å². The Labute approximate surface area is 91.9 Å². The molecule has 0 spiro atoms. The van der Waals surface area contributed by atoms with Gasteiger partial charge in [0.1, 0.15) is 11.0 Å². The lowest BCUT2D eigenvalue weighted by Crippen LogP contribution is -1.92. The Kier molecular flexibility index (Phi) is 3.66. The van der Waals surface area contributed by atoms with Crippen LogP contribution < -0.4 is 0 Å². The van der Waals surface area contributed by atoms with Crippen LogP contribution in [0.25, 0.3) is 11.0 Å². The lowest BCUT2D eigenvalue weighted by atomic mass is 10.5. The van der Waals surface area contributed by atoms with Crippen molar-refractivity contribution in [2.24, 2.45) is 7.05 Å². The first kappa shape index (κ1) is 11.2. The van der Waals surface area contributed by atoms with Crippen LogP contribution in [0.5, 0.6) is 0 Å². The van der Waals surface area contributed by atoms with Crippen LogP contribution in [0.15, 0.2) is 6.20 Å². The molecular formula is C8H10Cl2N4. The molecule has 2 aromatic heterocycles. The van der Waals surface area contributed by atoms with Gasteiger partial charge in [-0.1, -0.05) is 25.4 Å². The number of aryl methyl sites for hydroxylation is 1. The van der Waals surface area contributed by atoms with E-state index in [0.717, 1.165) is 0 Å². The highest BCUT2D eigenvalue weighted by Crippen LogP contribution is 2.20. The molecule has 0 saturated carbocycles. The molecule has 2 heterocycles. The molecule has 0 atom stereocenters. The predicted molar refractivity (Wildman–Crippen MR) is 57.7 cm³/mol. The molecule has 0 aromatic carbocycles. The van der Waals surface area contributed by atoms with Gasteiger partial charge in [0.05, 0.1) is 6.20 Å². The molecule has 0 amide bonds. The minimum atomic E-state index is 0.139. The molecule has 0 aliphatic rings. The molecule has 0 bridgehead atoms. The van der Waals surface area contributed by atoms with E-state index in [4.69, 9.17) is 23.2 Å². The zero-order valence-corrected chi connectivity index (χ0v) is 9.63. The molecule has 0 unspecified atom stereocenters. The van der Waals surface area contributed by atoms with E-state index in [9.17, 15) is 0 Å². The van der Waals surface area contributed by atoms with Crippen molar-refractivity contribution in [3.05, 3.63) is 16.6 Å². The molecule has 2 rings (SSSR count). The van der Waals surface area contributed by atoms with Gasteiger partial charge in [0.25, 0.3) is 0 Å². The average Bonchev–Trinajstić information content (AvgIpc) is 2.51. The third-order valence-electron chi connectivity index (χ3n) is 1.52. The second-order valence-electron chi connectivity index (χ2n) is 2.29. The Morgan fingerprint density at radius 2 is 1.86 bits per heavy atom. The molecular weight excluding hydrogens is 223 g/mol. The van der Waals surface area contributed by atoms with E-state index >= 15 is 0 Å². The first-order chi connectivity index (χ1) is 6.68. The fourth-order valence-electron chi connectivity index (χ4n) is 1.01. The Morgan fingerprint density at radius 3 is 2.50 bits per heavy atom. The fraction of sp³-hybridized carbons (Fsp3) is 0.375. The van der Waals surface area contributed by atoms with Crippen LogP contribution >= 0.6 is 23.2 Å². The maximum atomic E-state index is 5.81. The standard InChI is InChI=1S/C6H4Cl2N4.C2H6/c1-12-4-3(2-9-12)10-6(8)11-5(4)7;1-2/h2H,1H3;1-2H3. The first-order valence-electron chi connectivity index (χ1n) is 4.19. The molecule has 4 nitrogen and oxygen atoms in total. The number of rotatable bonds is 0. The minimum absolute atomic E-state index is 0.139. The van der Waals surface area contributed by atoms with Crippen molar-refractivity contribution in [2.75, 3.05) is 0 Å². The normalized spacial score (nSPS) is 9.79. The quantitative estimate of drug-likeness (QED) is 0.519.